The van der Waals surface area contributed by atoms with E-state index in [0.717, 1.165) is 33.1 Å². The Balaban J connectivity index is 2.16. The molecule has 4 aromatic rings. The van der Waals surface area contributed by atoms with Crippen LogP contribution in [0.15, 0.2) is 38.0 Å². The van der Waals surface area contributed by atoms with E-state index >= 15 is 0 Å². The molecule has 0 saturated heterocycles. The number of fused-ring (bicyclic) bond motifs is 2. The summed E-state index contributed by atoms with van der Waals surface area (Å²) in [5, 5.41) is 5.85. The fourth-order valence-electron chi connectivity index (χ4n) is 2.50. The normalized spacial score (nSPS) is 11.7. The zero-order valence-corrected chi connectivity index (χ0v) is 10.7. The van der Waals surface area contributed by atoms with Gasteiger partial charge in [0.25, 0.3) is 0 Å². The second kappa shape index (κ2) is 3.94. The van der Waals surface area contributed by atoms with Crippen LogP contribution < -0.4 is 5.73 Å². The number of hydrogen-bond donors (Lipinski definition) is 1. The molecule has 3 heterocycles. The molecule has 0 aliphatic heterocycles. The van der Waals surface area contributed by atoms with Crippen LogP contribution in [0.5, 0.6) is 0 Å². The van der Waals surface area contributed by atoms with Crippen molar-refractivity contribution in [3.8, 4) is 11.4 Å². The quantitative estimate of drug-likeness (QED) is 0.601. The minimum Gasteiger partial charge on any atom is -0.464 e. The predicted octanol–water partition coefficient (Wildman–Crippen LogP) is 3.00. The highest BCUT2D eigenvalue weighted by Gasteiger charge is 2.21. The minimum atomic E-state index is 0.203. The van der Waals surface area contributed by atoms with Gasteiger partial charge in [-0.1, -0.05) is 5.16 Å². The highest BCUT2D eigenvalue weighted by Crippen LogP contribution is 2.38. The summed E-state index contributed by atoms with van der Waals surface area (Å²) in [6, 6.07) is 3.78. The number of nitrogens with two attached hydrogens (primary N) is 1. The summed E-state index contributed by atoms with van der Waals surface area (Å²) in [6.45, 7) is 2.20. The number of benzene rings is 1. The van der Waals surface area contributed by atoms with E-state index in [1.807, 2.05) is 19.1 Å². The molecule has 0 spiro atoms. The molecule has 4 rings (SSSR count). The van der Waals surface area contributed by atoms with Crippen molar-refractivity contribution in [3.63, 3.8) is 0 Å². The molecule has 0 aliphatic rings. The van der Waals surface area contributed by atoms with Crippen molar-refractivity contribution in [1.82, 2.24) is 10.1 Å². The van der Waals surface area contributed by atoms with Gasteiger partial charge in [0.2, 0.25) is 11.7 Å². The number of rotatable bonds is 2. The van der Waals surface area contributed by atoms with Gasteiger partial charge < -0.3 is 19.1 Å². The lowest BCUT2D eigenvalue weighted by Gasteiger charge is -2.03. The molecule has 6 nitrogen and oxygen atoms in total. The van der Waals surface area contributed by atoms with E-state index in [2.05, 4.69) is 10.1 Å². The van der Waals surface area contributed by atoms with Crippen LogP contribution in [0.3, 0.4) is 0 Å². The zero-order valence-electron chi connectivity index (χ0n) is 10.7. The molecular weight excluding hydrogens is 258 g/mol. The van der Waals surface area contributed by atoms with E-state index in [9.17, 15) is 0 Å². The van der Waals surface area contributed by atoms with Gasteiger partial charge in [0.05, 0.1) is 24.6 Å². The van der Waals surface area contributed by atoms with E-state index in [0.29, 0.717) is 11.7 Å². The molecule has 20 heavy (non-hydrogen) atoms. The topological polar surface area (TPSA) is 91.2 Å². The summed E-state index contributed by atoms with van der Waals surface area (Å²) >= 11 is 0. The second-order valence-corrected chi connectivity index (χ2v) is 4.54. The number of aryl methyl sites for hydroxylation is 1. The lowest BCUT2D eigenvalue weighted by Crippen LogP contribution is -1.95. The van der Waals surface area contributed by atoms with Crippen molar-refractivity contribution in [2.24, 2.45) is 5.73 Å². The minimum absolute atomic E-state index is 0.203. The Hall–Kier alpha value is -2.60. The Kier molecular flexibility index (Phi) is 2.22. The Morgan fingerprint density at radius 3 is 2.60 bits per heavy atom. The lowest BCUT2D eigenvalue weighted by molar-refractivity contribution is 0.380. The number of furan rings is 2. The van der Waals surface area contributed by atoms with Crippen LogP contribution in [0.1, 0.15) is 11.5 Å². The maximum Gasteiger partial charge on any atom is 0.240 e. The molecule has 0 aliphatic carbocycles. The van der Waals surface area contributed by atoms with E-state index in [4.69, 9.17) is 19.1 Å². The summed E-state index contributed by atoms with van der Waals surface area (Å²) in [7, 11) is 0. The Labute approximate surface area is 113 Å². The Bertz CT molecular complexity index is 865. The third-order valence-corrected chi connectivity index (χ3v) is 3.44. The molecule has 3 aromatic heterocycles. The lowest BCUT2D eigenvalue weighted by atomic mass is 10.0. The van der Waals surface area contributed by atoms with Crippen LogP contribution in [-0.4, -0.2) is 10.1 Å². The zero-order chi connectivity index (χ0) is 13.7. The van der Waals surface area contributed by atoms with Crippen molar-refractivity contribution >= 4 is 21.9 Å². The van der Waals surface area contributed by atoms with Crippen molar-refractivity contribution in [2.45, 2.75) is 13.5 Å². The molecule has 2 N–H and O–H groups in total. The van der Waals surface area contributed by atoms with Crippen molar-refractivity contribution in [3.05, 3.63) is 36.1 Å². The molecule has 0 atom stereocenters. The number of hydrogen-bond acceptors (Lipinski definition) is 6. The molecule has 0 amide bonds. The first-order valence-electron chi connectivity index (χ1n) is 6.19. The summed E-state index contributed by atoms with van der Waals surface area (Å²) in [5.74, 6) is 0.841. The average molecular weight is 269 g/mol. The van der Waals surface area contributed by atoms with Gasteiger partial charge in [-0.15, -0.1) is 0 Å². The highest BCUT2D eigenvalue weighted by molar-refractivity contribution is 6.10. The van der Waals surface area contributed by atoms with E-state index < -0.39 is 0 Å². The van der Waals surface area contributed by atoms with Crippen LogP contribution in [0.4, 0.5) is 0 Å². The van der Waals surface area contributed by atoms with Crippen LogP contribution >= 0.6 is 0 Å². The van der Waals surface area contributed by atoms with Gasteiger partial charge in [-0.2, -0.15) is 4.98 Å². The highest BCUT2D eigenvalue weighted by atomic mass is 16.5. The standard InChI is InChI=1S/C14H11N3O3/c1-7-8-2-4-19-13(8)11(9-3-5-18-12(7)9)14-16-10(6-15)20-17-14/h2-5H,6,15H2,1H3. The van der Waals surface area contributed by atoms with Gasteiger partial charge in [-0.25, -0.2) is 0 Å². The molecule has 0 unspecified atom stereocenters. The average Bonchev–Trinajstić information content (AvgIpc) is 3.19. The SMILES string of the molecule is Cc1c2ccoc2c(-c2noc(CN)n2)c2ccoc12. The van der Waals surface area contributed by atoms with Gasteiger partial charge in [-0.3, -0.25) is 0 Å². The summed E-state index contributed by atoms with van der Waals surface area (Å²) in [5.41, 5.74) is 8.83. The first-order chi connectivity index (χ1) is 9.79. The largest absolute Gasteiger partial charge is 0.464 e. The molecule has 0 saturated carbocycles. The van der Waals surface area contributed by atoms with Crippen molar-refractivity contribution in [1.29, 1.82) is 0 Å². The first kappa shape index (κ1) is 11.2. The monoisotopic (exact) mass is 269 g/mol. The van der Waals surface area contributed by atoms with E-state index in [1.165, 1.54) is 0 Å². The maximum atomic E-state index is 5.61. The van der Waals surface area contributed by atoms with Crippen molar-refractivity contribution < 1.29 is 13.4 Å². The summed E-state index contributed by atoms with van der Waals surface area (Å²) in [6.07, 6.45) is 3.29. The van der Waals surface area contributed by atoms with Crippen LogP contribution in [0.25, 0.3) is 33.3 Å². The first-order valence-corrected chi connectivity index (χ1v) is 6.19. The fraction of sp³-hybridized carbons (Fsp3) is 0.143. The summed E-state index contributed by atoms with van der Waals surface area (Å²) < 4.78 is 16.3. The van der Waals surface area contributed by atoms with Gasteiger partial charge in [0, 0.05) is 16.3 Å². The summed E-state index contributed by atoms with van der Waals surface area (Å²) in [4.78, 5) is 4.28. The Morgan fingerprint density at radius 2 is 1.85 bits per heavy atom. The van der Waals surface area contributed by atoms with Crippen LogP contribution in [-0.2, 0) is 6.54 Å². The van der Waals surface area contributed by atoms with Gasteiger partial charge >= 0.3 is 0 Å². The van der Waals surface area contributed by atoms with Gasteiger partial charge in [0.1, 0.15) is 11.2 Å². The van der Waals surface area contributed by atoms with Crippen molar-refractivity contribution in [2.75, 3.05) is 0 Å². The smallest absolute Gasteiger partial charge is 0.240 e. The number of aromatic nitrogens is 2. The number of nitrogens with zero attached hydrogens (tertiary/aromatic N) is 2. The third kappa shape index (κ3) is 1.36. The molecule has 100 valence electrons. The molecule has 0 fully saturated rings. The molecule has 6 heteroatoms. The van der Waals surface area contributed by atoms with Gasteiger partial charge in [-0.05, 0) is 19.1 Å². The second-order valence-electron chi connectivity index (χ2n) is 4.54. The molecule has 1 aromatic carbocycles. The maximum absolute atomic E-state index is 5.61. The molecule has 0 radical (unpaired) electrons. The molecule has 0 bridgehead atoms. The third-order valence-electron chi connectivity index (χ3n) is 3.44. The van der Waals surface area contributed by atoms with Crippen LogP contribution in [0, 0.1) is 6.92 Å². The van der Waals surface area contributed by atoms with Crippen LogP contribution in [0.2, 0.25) is 0 Å². The van der Waals surface area contributed by atoms with E-state index in [-0.39, 0.29) is 6.54 Å². The predicted molar refractivity (Wildman–Crippen MR) is 71.9 cm³/mol. The Morgan fingerprint density at radius 1 is 1.10 bits per heavy atom. The molecular formula is C14H11N3O3. The van der Waals surface area contributed by atoms with Gasteiger partial charge in [0.15, 0.2) is 0 Å². The fourth-order valence-corrected chi connectivity index (χ4v) is 2.50. The van der Waals surface area contributed by atoms with E-state index in [1.54, 1.807) is 12.5 Å².